The molecule has 2 atom stereocenters. The Labute approximate surface area is 255 Å². The van der Waals surface area contributed by atoms with Crippen LogP contribution in [0.1, 0.15) is 28.9 Å². The zero-order valence-electron chi connectivity index (χ0n) is 23.7. The number of halogens is 3. The summed E-state index contributed by atoms with van der Waals surface area (Å²) in [4.78, 5) is 30.0. The summed E-state index contributed by atoms with van der Waals surface area (Å²) >= 11 is 0. The Morgan fingerprint density at radius 2 is 1.84 bits per heavy atom. The Balaban J connectivity index is 1.12. The maximum Gasteiger partial charge on any atom is 0.251 e. The number of carbonyl (C=O) groups excluding carboxylic acids is 1. The predicted octanol–water partition coefficient (Wildman–Crippen LogP) is 4.02. The van der Waals surface area contributed by atoms with E-state index < -0.39 is 50.3 Å². The number of anilines is 3. The molecule has 11 nitrogen and oxygen atoms in total. The Kier molecular flexibility index (Phi) is 7.34. The van der Waals surface area contributed by atoms with Crippen molar-refractivity contribution in [3.05, 3.63) is 65.7 Å². The van der Waals surface area contributed by atoms with Gasteiger partial charge >= 0.3 is 0 Å². The first kappa shape index (κ1) is 29.1. The summed E-state index contributed by atoms with van der Waals surface area (Å²) < 4.78 is 78.9. The summed E-state index contributed by atoms with van der Waals surface area (Å²) in [6, 6.07) is 10.8. The minimum Gasteiger partial charge on any atom is -0.489 e. The summed E-state index contributed by atoms with van der Waals surface area (Å²) in [5.74, 6) is -0.00321. The van der Waals surface area contributed by atoms with Crippen molar-refractivity contribution in [2.75, 3.05) is 42.6 Å². The van der Waals surface area contributed by atoms with Crippen LogP contribution in [0.5, 0.6) is 11.5 Å². The number of sulfone groups is 1. The Hall–Kier alpha value is -4.66. The summed E-state index contributed by atoms with van der Waals surface area (Å²) in [5.41, 5.74) is -1.55. The van der Waals surface area contributed by atoms with Crippen LogP contribution in [0, 0.1) is 5.82 Å². The summed E-state index contributed by atoms with van der Waals surface area (Å²) in [6.07, 6.45) is 0.730. The monoisotopic (exact) mass is 640 g/mol. The second kappa shape index (κ2) is 11.4. The zero-order chi connectivity index (χ0) is 31.3. The van der Waals surface area contributed by atoms with E-state index in [1.165, 1.54) is 0 Å². The highest BCUT2D eigenvalue weighted by Crippen LogP contribution is 2.38. The molecule has 3 aliphatic rings. The van der Waals surface area contributed by atoms with Crippen LogP contribution in [0.2, 0.25) is 0 Å². The van der Waals surface area contributed by atoms with Crippen LogP contribution < -0.4 is 24.6 Å². The van der Waals surface area contributed by atoms with Crippen molar-refractivity contribution in [3.63, 3.8) is 0 Å². The van der Waals surface area contributed by atoms with Crippen LogP contribution in [0.25, 0.3) is 10.9 Å². The van der Waals surface area contributed by atoms with Gasteiger partial charge in [-0.05, 0) is 48.9 Å². The normalized spacial score (nSPS) is 20.5. The highest BCUT2D eigenvalue weighted by molar-refractivity contribution is 7.92. The Morgan fingerprint density at radius 1 is 1.00 bits per heavy atom. The van der Waals surface area contributed by atoms with Gasteiger partial charge < -0.3 is 24.6 Å². The Morgan fingerprint density at radius 3 is 2.67 bits per heavy atom. The minimum absolute atomic E-state index is 0.0783. The number of nitrogens with one attached hydrogen (secondary N) is 1. The molecule has 3 aliphatic heterocycles. The van der Waals surface area contributed by atoms with Crippen molar-refractivity contribution in [3.8, 4) is 11.5 Å². The van der Waals surface area contributed by atoms with Gasteiger partial charge in [-0.2, -0.15) is 0 Å². The van der Waals surface area contributed by atoms with Gasteiger partial charge in [0.2, 0.25) is 15.3 Å². The maximum atomic E-state index is 14.7. The molecule has 1 fully saturated rings. The molecule has 6 heterocycles. The van der Waals surface area contributed by atoms with Gasteiger partial charge in [0, 0.05) is 30.1 Å². The molecular formula is C30H27F3N6O5S. The summed E-state index contributed by atoms with van der Waals surface area (Å²) in [6.45, 7) is 1.39. The SMILES string of the molecule is O=C(NCc1cc2nc(N3CCOc4ccc(N5CC[C@H](F)C5)nc43)ccc2cn1)c1cc(F)c2c(c1)S(=O)(=O)[C@@H](F)CCO2. The largest absolute Gasteiger partial charge is 0.489 e. The lowest BCUT2D eigenvalue weighted by Gasteiger charge is -2.30. The van der Waals surface area contributed by atoms with Crippen LogP contribution in [-0.2, 0) is 16.4 Å². The van der Waals surface area contributed by atoms with Crippen LogP contribution >= 0.6 is 0 Å². The number of pyridine rings is 3. The first-order valence-electron chi connectivity index (χ1n) is 14.4. The van der Waals surface area contributed by atoms with Gasteiger partial charge in [-0.1, -0.05) is 0 Å². The number of hydrogen-bond acceptors (Lipinski definition) is 10. The molecule has 15 heteroatoms. The van der Waals surface area contributed by atoms with E-state index in [1.54, 1.807) is 12.3 Å². The quantitative estimate of drug-likeness (QED) is 0.342. The van der Waals surface area contributed by atoms with Gasteiger partial charge in [-0.15, -0.1) is 0 Å². The highest BCUT2D eigenvalue weighted by atomic mass is 32.2. The Bertz CT molecular complexity index is 1930. The van der Waals surface area contributed by atoms with Crippen molar-refractivity contribution in [1.82, 2.24) is 20.3 Å². The van der Waals surface area contributed by atoms with Gasteiger partial charge in [0.15, 0.2) is 23.1 Å². The van der Waals surface area contributed by atoms with Crippen molar-refractivity contribution < 1.29 is 35.9 Å². The number of ether oxygens (including phenoxy) is 2. The molecule has 0 spiro atoms. The van der Waals surface area contributed by atoms with Crippen molar-refractivity contribution >= 4 is 44.1 Å². The van der Waals surface area contributed by atoms with Crippen molar-refractivity contribution in [1.29, 1.82) is 0 Å². The summed E-state index contributed by atoms with van der Waals surface area (Å²) in [5, 5.41) is 3.35. The molecule has 234 valence electrons. The molecule has 1 aromatic carbocycles. The molecule has 0 radical (unpaired) electrons. The molecule has 4 aromatic rings. The van der Waals surface area contributed by atoms with Crippen LogP contribution in [0.15, 0.2) is 53.6 Å². The number of carbonyl (C=O) groups is 1. The first-order valence-corrected chi connectivity index (χ1v) is 15.9. The number of nitrogens with zero attached hydrogens (tertiary/aromatic N) is 5. The lowest BCUT2D eigenvalue weighted by Crippen LogP contribution is -2.31. The second-order valence-corrected chi connectivity index (χ2v) is 13.0. The maximum absolute atomic E-state index is 14.7. The molecule has 0 saturated carbocycles. The fourth-order valence-electron chi connectivity index (χ4n) is 5.57. The summed E-state index contributed by atoms with van der Waals surface area (Å²) in [7, 11) is -4.53. The molecule has 0 unspecified atom stereocenters. The second-order valence-electron chi connectivity index (χ2n) is 10.9. The van der Waals surface area contributed by atoms with Gasteiger partial charge in [-0.25, -0.2) is 31.6 Å². The predicted molar refractivity (Wildman–Crippen MR) is 158 cm³/mol. The average Bonchev–Trinajstić information content (AvgIpc) is 3.44. The number of amides is 1. The average molecular weight is 641 g/mol. The van der Waals surface area contributed by atoms with Crippen LogP contribution in [-0.4, -0.2) is 73.8 Å². The third-order valence-corrected chi connectivity index (χ3v) is 9.76. The van der Waals surface area contributed by atoms with Gasteiger partial charge in [0.05, 0.1) is 37.5 Å². The highest BCUT2D eigenvalue weighted by Gasteiger charge is 2.36. The first-order chi connectivity index (χ1) is 21.7. The third-order valence-electron chi connectivity index (χ3n) is 7.94. The van der Waals surface area contributed by atoms with Crippen LogP contribution in [0.3, 0.4) is 0 Å². The minimum atomic E-state index is -4.53. The number of alkyl halides is 2. The van der Waals surface area contributed by atoms with Crippen molar-refractivity contribution in [2.45, 2.75) is 36.0 Å². The van der Waals surface area contributed by atoms with Crippen molar-refractivity contribution in [2.24, 2.45) is 0 Å². The topological polar surface area (TPSA) is 127 Å². The molecule has 0 bridgehead atoms. The number of aromatic nitrogens is 3. The molecule has 3 aromatic heterocycles. The molecule has 45 heavy (non-hydrogen) atoms. The standard InChI is InChI=1S/C30H27F3N6O5S/c31-19-5-7-38(16-19)26-4-2-23-29(37-26)39(8-10-43-23)27-3-1-17-14-34-20(13-22(17)36-27)15-35-30(40)18-11-21(32)28-24(12-18)45(41,42)25(33)6-9-44-28/h1-4,11-14,19,25H,5-10,15-16H2,(H,35,40)/t19-,25+/m0/s1. The van der Waals surface area contributed by atoms with E-state index in [4.69, 9.17) is 19.4 Å². The number of rotatable bonds is 5. The number of fused-ring (bicyclic) bond motifs is 3. The number of benzene rings is 1. The molecule has 1 N–H and O–H groups in total. The van der Waals surface area contributed by atoms with E-state index in [0.29, 0.717) is 67.1 Å². The molecule has 1 amide bonds. The van der Waals surface area contributed by atoms with E-state index in [0.717, 1.165) is 17.5 Å². The van der Waals surface area contributed by atoms with E-state index in [1.807, 2.05) is 34.1 Å². The van der Waals surface area contributed by atoms with E-state index in [2.05, 4.69) is 10.3 Å². The van der Waals surface area contributed by atoms with E-state index in [9.17, 15) is 26.4 Å². The molecule has 1 saturated heterocycles. The fourth-order valence-corrected chi connectivity index (χ4v) is 6.96. The van der Waals surface area contributed by atoms with E-state index in [-0.39, 0.29) is 18.7 Å². The third kappa shape index (κ3) is 5.45. The zero-order valence-corrected chi connectivity index (χ0v) is 24.6. The lowest BCUT2D eigenvalue weighted by atomic mass is 10.2. The van der Waals surface area contributed by atoms with Crippen LogP contribution in [0.4, 0.5) is 30.6 Å². The molecule has 0 aliphatic carbocycles. The fraction of sp³-hybridized carbons (Fsp3) is 0.333. The molecule has 7 rings (SSSR count). The lowest BCUT2D eigenvalue weighted by molar-refractivity contribution is 0.0949. The van der Waals surface area contributed by atoms with Gasteiger partial charge in [0.25, 0.3) is 5.91 Å². The van der Waals surface area contributed by atoms with Gasteiger partial charge in [-0.3, -0.25) is 9.78 Å². The van der Waals surface area contributed by atoms with Gasteiger partial charge in [0.1, 0.15) is 29.3 Å². The van der Waals surface area contributed by atoms with E-state index >= 15 is 0 Å². The number of hydrogen-bond donors (Lipinski definition) is 1. The molecular weight excluding hydrogens is 613 g/mol. The smallest absolute Gasteiger partial charge is 0.251 e.